The zero-order chi connectivity index (χ0) is 21.8. The monoisotopic (exact) mass is 417 g/mol. The zero-order valence-corrected chi connectivity index (χ0v) is 17.8. The van der Waals surface area contributed by atoms with Crippen LogP contribution in [0.25, 0.3) is 10.9 Å². The van der Waals surface area contributed by atoms with Crippen molar-refractivity contribution in [2.75, 3.05) is 32.1 Å². The third-order valence-electron chi connectivity index (χ3n) is 6.74. The molecule has 1 aliphatic carbocycles. The number of anilines is 1. The molecular weight excluding hydrogens is 389 g/mol. The molecule has 1 aromatic carbocycles. The van der Waals surface area contributed by atoms with Crippen molar-refractivity contribution in [3.63, 3.8) is 0 Å². The molecule has 162 valence electrons. The van der Waals surface area contributed by atoms with Gasteiger partial charge in [-0.3, -0.25) is 4.79 Å². The summed E-state index contributed by atoms with van der Waals surface area (Å²) < 4.78 is 22.8. The third-order valence-corrected chi connectivity index (χ3v) is 6.74. The van der Waals surface area contributed by atoms with Gasteiger partial charge < -0.3 is 24.6 Å². The number of ether oxygens (including phenoxy) is 1. The number of aromatic nitrogens is 1. The van der Waals surface area contributed by atoms with Crippen molar-refractivity contribution in [2.45, 2.75) is 44.7 Å². The maximum atomic E-state index is 15.4. The summed E-state index contributed by atoms with van der Waals surface area (Å²) in [6, 6.07) is 1.27. The van der Waals surface area contributed by atoms with Crippen LogP contribution in [0.5, 0.6) is 5.75 Å². The van der Waals surface area contributed by atoms with Crippen molar-refractivity contribution >= 4 is 22.6 Å². The minimum atomic E-state index is -1.31. The molecule has 2 N–H and O–H groups in total. The number of methoxy groups -OCH3 is 1. The van der Waals surface area contributed by atoms with E-state index < -0.39 is 17.2 Å². The van der Waals surface area contributed by atoms with Gasteiger partial charge in [0.25, 0.3) is 0 Å². The molecule has 0 radical (unpaired) electrons. The van der Waals surface area contributed by atoms with Gasteiger partial charge in [-0.2, -0.15) is 0 Å². The number of carboxylic acid groups (broad SMARTS) is 1. The van der Waals surface area contributed by atoms with E-state index in [9.17, 15) is 14.7 Å². The second-order valence-corrected chi connectivity index (χ2v) is 8.86. The number of hydrogen-bond donors (Lipinski definition) is 2. The summed E-state index contributed by atoms with van der Waals surface area (Å²) >= 11 is 0. The highest BCUT2D eigenvalue weighted by Gasteiger charge is 2.37. The average Bonchev–Trinajstić information content (AvgIpc) is 3.43. The fourth-order valence-electron chi connectivity index (χ4n) is 4.48. The first kappa shape index (κ1) is 20.7. The molecule has 1 atom stereocenters. The van der Waals surface area contributed by atoms with Gasteiger partial charge in [0.1, 0.15) is 11.3 Å². The van der Waals surface area contributed by atoms with E-state index in [1.54, 1.807) is 4.57 Å². The molecule has 0 bridgehead atoms. The lowest BCUT2D eigenvalue weighted by atomic mass is 9.87. The van der Waals surface area contributed by atoms with Gasteiger partial charge in [0.05, 0.1) is 18.0 Å². The molecule has 1 saturated carbocycles. The Balaban J connectivity index is 1.92. The van der Waals surface area contributed by atoms with E-state index in [0.29, 0.717) is 36.0 Å². The Hall–Kier alpha value is -2.61. The molecule has 30 heavy (non-hydrogen) atoms. The number of carbonyl (C=O) groups is 1. The van der Waals surface area contributed by atoms with Gasteiger partial charge in [0.15, 0.2) is 11.6 Å². The lowest BCUT2D eigenvalue weighted by Crippen LogP contribution is -2.45. The highest BCUT2D eigenvalue weighted by molar-refractivity contribution is 5.97. The summed E-state index contributed by atoms with van der Waals surface area (Å²) in [5.74, 6) is -1.25. The molecule has 0 spiro atoms. The largest absolute Gasteiger partial charge is 0.492 e. The van der Waals surface area contributed by atoms with E-state index in [2.05, 4.69) is 19.2 Å². The van der Waals surface area contributed by atoms with Gasteiger partial charge in [0, 0.05) is 30.9 Å². The van der Waals surface area contributed by atoms with E-state index in [4.69, 9.17) is 4.74 Å². The lowest BCUT2D eigenvalue weighted by molar-refractivity contribution is 0.0695. The fraction of sp³-hybridized carbons (Fsp3) is 0.545. The van der Waals surface area contributed by atoms with Gasteiger partial charge in [0.2, 0.25) is 5.43 Å². The fourth-order valence-corrected chi connectivity index (χ4v) is 4.48. The normalized spacial score (nSPS) is 19.5. The summed E-state index contributed by atoms with van der Waals surface area (Å²) in [4.78, 5) is 26.4. The number of benzene rings is 1. The Kier molecular flexibility index (Phi) is 5.00. The molecule has 2 aliphatic rings. The molecule has 7 nitrogen and oxygen atoms in total. The molecule has 1 saturated heterocycles. The van der Waals surface area contributed by atoms with Crippen LogP contribution in [-0.4, -0.2) is 48.4 Å². The number of nitrogens with zero attached hydrogens (tertiary/aromatic N) is 2. The second kappa shape index (κ2) is 7.27. The van der Waals surface area contributed by atoms with Crippen LogP contribution in [0.3, 0.4) is 0 Å². The third kappa shape index (κ3) is 3.23. The van der Waals surface area contributed by atoms with Crippen LogP contribution in [0, 0.1) is 11.7 Å². The van der Waals surface area contributed by atoms with Crippen LogP contribution in [0.4, 0.5) is 10.1 Å². The van der Waals surface area contributed by atoms with Gasteiger partial charge in [-0.1, -0.05) is 0 Å². The number of rotatable bonds is 6. The van der Waals surface area contributed by atoms with Crippen LogP contribution in [0.1, 0.15) is 49.5 Å². The molecule has 0 amide bonds. The van der Waals surface area contributed by atoms with Crippen molar-refractivity contribution in [1.29, 1.82) is 0 Å². The van der Waals surface area contributed by atoms with E-state index >= 15 is 4.39 Å². The predicted octanol–water partition coefficient (Wildman–Crippen LogP) is 3.01. The highest BCUT2D eigenvalue weighted by Crippen LogP contribution is 2.45. The van der Waals surface area contributed by atoms with Crippen LogP contribution < -0.4 is 20.4 Å². The topological polar surface area (TPSA) is 83.8 Å². The van der Waals surface area contributed by atoms with Crippen molar-refractivity contribution in [1.82, 2.24) is 9.88 Å². The first-order valence-corrected chi connectivity index (χ1v) is 10.3. The SMILES string of the molecule is CNC(C)(C)[C@@H]1CCN(c2c(F)cc3c(=O)c(C(=O)O)cn(C4CC4)c3c2OC)C1. The van der Waals surface area contributed by atoms with Gasteiger partial charge >= 0.3 is 5.97 Å². The molecule has 2 fully saturated rings. The standard InChI is InChI=1S/C22H28FN3O4/c1-22(2,24-3)12-7-8-25(10-12)18-16(23)9-14-17(20(18)30-4)26(13-5-6-13)11-15(19(14)27)21(28)29/h9,11-13,24H,5-8,10H2,1-4H3,(H,28,29)/t12-/m1/s1. The minimum Gasteiger partial charge on any atom is -0.492 e. The van der Waals surface area contributed by atoms with Crippen molar-refractivity contribution in [3.8, 4) is 5.75 Å². The Morgan fingerprint density at radius 2 is 2.03 bits per heavy atom. The molecular formula is C22H28FN3O4. The molecule has 2 heterocycles. The number of fused-ring (bicyclic) bond motifs is 1. The molecule has 2 aromatic rings. The quantitative estimate of drug-likeness (QED) is 0.752. The maximum absolute atomic E-state index is 15.4. The zero-order valence-electron chi connectivity index (χ0n) is 17.8. The summed E-state index contributed by atoms with van der Waals surface area (Å²) in [6.45, 7) is 5.60. The Morgan fingerprint density at radius 1 is 1.33 bits per heavy atom. The Labute approximate surface area is 174 Å². The summed E-state index contributed by atoms with van der Waals surface area (Å²) in [6.07, 6.45) is 4.05. The molecule has 0 unspecified atom stereocenters. The molecule has 1 aromatic heterocycles. The van der Waals surface area contributed by atoms with Gasteiger partial charge in [-0.05, 0) is 52.1 Å². The summed E-state index contributed by atoms with van der Waals surface area (Å²) in [5.41, 5.74) is -0.310. The van der Waals surface area contributed by atoms with Crippen molar-refractivity contribution < 1.29 is 19.0 Å². The van der Waals surface area contributed by atoms with Crippen LogP contribution in [0.15, 0.2) is 17.1 Å². The number of aromatic carboxylic acids is 1. The van der Waals surface area contributed by atoms with Gasteiger partial charge in [-0.25, -0.2) is 9.18 Å². The summed E-state index contributed by atoms with van der Waals surface area (Å²) in [5, 5.41) is 12.8. The predicted molar refractivity (Wildman–Crippen MR) is 113 cm³/mol. The molecule has 1 aliphatic heterocycles. The highest BCUT2D eigenvalue weighted by atomic mass is 19.1. The van der Waals surface area contributed by atoms with E-state index in [1.165, 1.54) is 19.4 Å². The molecule has 4 rings (SSSR count). The van der Waals surface area contributed by atoms with Gasteiger partial charge in [-0.15, -0.1) is 0 Å². The number of carboxylic acids is 1. The Morgan fingerprint density at radius 3 is 2.60 bits per heavy atom. The van der Waals surface area contributed by atoms with Crippen molar-refractivity contribution in [3.05, 3.63) is 33.9 Å². The average molecular weight is 417 g/mol. The van der Waals surface area contributed by atoms with E-state index in [-0.39, 0.29) is 22.5 Å². The number of hydrogen-bond acceptors (Lipinski definition) is 5. The summed E-state index contributed by atoms with van der Waals surface area (Å²) in [7, 11) is 3.39. The maximum Gasteiger partial charge on any atom is 0.341 e. The molecule has 8 heteroatoms. The smallest absolute Gasteiger partial charge is 0.341 e. The van der Waals surface area contributed by atoms with E-state index in [0.717, 1.165) is 19.3 Å². The Bertz CT molecular complexity index is 1070. The number of nitrogens with one attached hydrogen (secondary N) is 1. The number of halogens is 1. The second-order valence-electron chi connectivity index (χ2n) is 8.86. The minimum absolute atomic E-state index is 0.0474. The van der Waals surface area contributed by atoms with Crippen LogP contribution in [0.2, 0.25) is 0 Å². The van der Waals surface area contributed by atoms with Crippen LogP contribution >= 0.6 is 0 Å². The number of pyridine rings is 1. The lowest BCUT2D eigenvalue weighted by Gasteiger charge is -2.32. The van der Waals surface area contributed by atoms with Crippen molar-refractivity contribution in [2.24, 2.45) is 5.92 Å². The van der Waals surface area contributed by atoms with Crippen LogP contribution in [-0.2, 0) is 0 Å². The first-order valence-electron chi connectivity index (χ1n) is 10.3. The van der Waals surface area contributed by atoms with E-state index in [1.807, 2.05) is 11.9 Å². The first-order chi connectivity index (χ1) is 14.2.